The van der Waals surface area contributed by atoms with Crippen LogP contribution in [0.1, 0.15) is 5.56 Å². The second-order valence-electron chi connectivity index (χ2n) is 4.10. The van der Waals surface area contributed by atoms with Crippen LogP contribution in [0.25, 0.3) is 0 Å². The van der Waals surface area contributed by atoms with Gasteiger partial charge in [-0.15, -0.1) is 0 Å². The first-order valence-electron chi connectivity index (χ1n) is 5.71. The molecule has 0 saturated heterocycles. The first-order valence-corrected chi connectivity index (χ1v) is 6.51. The number of amides is 1. The van der Waals surface area contributed by atoms with Crippen LogP contribution in [0, 0.1) is 0 Å². The summed E-state index contributed by atoms with van der Waals surface area (Å²) in [6.07, 6.45) is 5.06. The van der Waals surface area contributed by atoms with Crippen LogP contribution in [0.2, 0.25) is 0 Å². The van der Waals surface area contributed by atoms with E-state index in [0.29, 0.717) is 18.1 Å². The molecule has 0 radical (unpaired) electrons. The molecular formula is C13H10BrN3O2. The monoisotopic (exact) mass is 319 g/mol. The number of carbonyl (C=O) groups excluding carboxylic acids is 1. The molecular weight excluding hydrogens is 310 g/mol. The van der Waals surface area contributed by atoms with Crippen LogP contribution >= 0.6 is 15.9 Å². The van der Waals surface area contributed by atoms with Gasteiger partial charge in [-0.2, -0.15) is 0 Å². The summed E-state index contributed by atoms with van der Waals surface area (Å²) in [5, 5.41) is 0. The van der Waals surface area contributed by atoms with E-state index in [-0.39, 0.29) is 12.5 Å². The van der Waals surface area contributed by atoms with Crippen molar-refractivity contribution in [3.8, 4) is 5.75 Å². The van der Waals surface area contributed by atoms with E-state index in [9.17, 15) is 4.79 Å². The van der Waals surface area contributed by atoms with Crippen LogP contribution in [-0.2, 0) is 11.3 Å². The van der Waals surface area contributed by atoms with E-state index >= 15 is 0 Å². The van der Waals surface area contributed by atoms with Crippen molar-refractivity contribution < 1.29 is 9.53 Å². The maximum Gasteiger partial charge on any atom is 0.266 e. The lowest BCUT2D eigenvalue weighted by Gasteiger charge is -2.28. The van der Waals surface area contributed by atoms with Gasteiger partial charge in [-0.1, -0.05) is 0 Å². The highest BCUT2D eigenvalue weighted by molar-refractivity contribution is 9.10. The predicted molar refractivity (Wildman–Crippen MR) is 72.9 cm³/mol. The van der Waals surface area contributed by atoms with E-state index in [1.807, 2.05) is 18.2 Å². The topological polar surface area (TPSA) is 55.3 Å². The van der Waals surface area contributed by atoms with Crippen molar-refractivity contribution in [3.05, 3.63) is 46.8 Å². The Bertz CT molecular complexity index is 619. The largest absolute Gasteiger partial charge is 0.480 e. The summed E-state index contributed by atoms with van der Waals surface area (Å²) in [7, 11) is 0. The quantitative estimate of drug-likeness (QED) is 0.851. The third-order valence-electron chi connectivity index (χ3n) is 2.80. The lowest BCUT2D eigenvalue weighted by molar-refractivity contribution is -0.121. The summed E-state index contributed by atoms with van der Waals surface area (Å²) < 4.78 is 6.21. The Kier molecular flexibility index (Phi) is 3.16. The molecule has 6 heteroatoms. The molecule has 0 spiro atoms. The number of nitrogens with zero attached hydrogens (tertiary/aromatic N) is 3. The standard InChI is InChI=1S/C13H10BrN3O2/c14-10-5-11-13(16-6-10)17(12(18)8-19-11)7-9-1-3-15-4-2-9/h1-6H,7-8H2. The van der Waals surface area contributed by atoms with Crippen molar-refractivity contribution in [2.45, 2.75) is 6.54 Å². The highest BCUT2D eigenvalue weighted by Gasteiger charge is 2.27. The Morgan fingerprint density at radius 2 is 2.16 bits per heavy atom. The number of anilines is 1. The van der Waals surface area contributed by atoms with Gasteiger partial charge in [0.1, 0.15) is 0 Å². The van der Waals surface area contributed by atoms with Gasteiger partial charge in [0.2, 0.25) is 0 Å². The molecule has 0 aliphatic carbocycles. The number of aromatic nitrogens is 2. The van der Waals surface area contributed by atoms with E-state index < -0.39 is 0 Å². The number of fused-ring (bicyclic) bond motifs is 1. The minimum absolute atomic E-state index is 0.0379. The molecule has 3 heterocycles. The van der Waals surface area contributed by atoms with Gasteiger partial charge in [0, 0.05) is 23.1 Å². The number of hydrogen-bond donors (Lipinski definition) is 0. The third-order valence-corrected chi connectivity index (χ3v) is 3.23. The smallest absolute Gasteiger partial charge is 0.266 e. The molecule has 0 atom stereocenters. The molecule has 1 amide bonds. The van der Waals surface area contributed by atoms with E-state index in [4.69, 9.17) is 4.74 Å². The van der Waals surface area contributed by atoms with E-state index in [0.717, 1.165) is 10.0 Å². The molecule has 0 unspecified atom stereocenters. The van der Waals surface area contributed by atoms with Crippen LogP contribution in [-0.4, -0.2) is 22.5 Å². The van der Waals surface area contributed by atoms with Gasteiger partial charge in [-0.3, -0.25) is 14.7 Å². The minimum Gasteiger partial charge on any atom is -0.480 e. The molecule has 0 aromatic carbocycles. The molecule has 0 saturated carbocycles. The first-order chi connectivity index (χ1) is 9.24. The van der Waals surface area contributed by atoms with Crippen molar-refractivity contribution in [2.75, 3.05) is 11.5 Å². The van der Waals surface area contributed by atoms with Crippen molar-refractivity contribution in [2.24, 2.45) is 0 Å². The van der Waals surface area contributed by atoms with Gasteiger partial charge >= 0.3 is 0 Å². The molecule has 96 valence electrons. The van der Waals surface area contributed by atoms with Crippen molar-refractivity contribution in [3.63, 3.8) is 0 Å². The average Bonchev–Trinajstić information content (AvgIpc) is 2.43. The Labute approximate surface area is 118 Å². The summed E-state index contributed by atoms with van der Waals surface area (Å²) in [4.78, 5) is 21.8. The Hall–Kier alpha value is -1.95. The van der Waals surface area contributed by atoms with Gasteiger partial charge < -0.3 is 4.74 Å². The van der Waals surface area contributed by atoms with Gasteiger partial charge in [0.15, 0.2) is 18.2 Å². The van der Waals surface area contributed by atoms with Crippen molar-refractivity contribution in [1.29, 1.82) is 0 Å². The zero-order valence-corrected chi connectivity index (χ0v) is 11.5. The minimum atomic E-state index is -0.0980. The Balaban J connectivity index is 1.95. The fourth-order valence-electron chi connectivity index (χ4n) is 1.89. The maximum absolute atomic E-state index is 12.0. The highest BCUT2D eigenvalue weighted by atomic mass is 79.9. The normalized spacial score (nSPS) is 13.9. The van der Waals surface area contributed by atoms with Crippen molar-refractivity contribution >= 4 is 27.7 Å². The number of rotatable bonds is 2. The van der Waals surface area contributed by atoms with Gasteiger partial charge in [-0.05, 0) is 39.7 Å². The maximum atomic E-state index is 12.0. The van der Waals surface area contributed by atoms with Gasteiger partial charge in [0.25, 0.3) is 5.91 Å². The zero-order valence-electron chi connectivity index (χ0n) is 9.91. The molecule has 1 aliphatic rings. The summed E-state index contributed by atoms with van der Waals surface area (Å²) in [5.74, 6) is 1.07. The van der Waals surface area contributed by atoms with Crippen LogP contribution in [0.15, 0.2) is 41.3 Å². The van der Waals surface area contributed by atoms with Crippen molar-refractivity contribution in [1.82, 2.24) is 9.97 Å². The lowest BCUT2D eigenvalue weighted by atomic mass is 10.2. The molecule has 0 N–H and O–H groups in total. The van der Waals surface area contributed by atoms with E-state index in [2.05, 4.69) is 25.9 Å². The van der Waals surface area contributed by atoms with E-state index in [1.165, 1.54) is 0 Å². The number of pyridine rings is 2. The second-order valence-corrected chi connectivity index (χ2v) is 5.01. The average molecular weight is 320 g/mol. The predicted octanol–water partition coefficient (Wildman–Crippen LogP) is 2.16. The van der Waals surface area contributed by atoms with Crippen LogP contribution in [0.5, 0.6) is 5.75 Å². The van der Waals surface area contributed by atoms with Crippen LogP contribution in [0.3, 0.4) is 0 Å². The SMILES string of the molecule is O=C1COc2cc(Br)cnc2N1Cc1ccncc1. The molecule has 2 aromatic heterocycles. The molecule has 0 fully saturated rings. The number of ether oxygens (including phenoxy) is 1. The third kappa shape index (κ3) is 2.44. The number of hydrogen-bond acceptors (Lipinski definition) is 4. The van der Waals surface area contributed by atoms with Crippen LogP contribution in [0.4, 0.5) is 5.82 Å². The summed E-state index contributed by atoms with van der Waals surface area (Å²) in [6, 6.07) is 5.57. The second kappa shape index (κ2) is 4.97. The summed E-state index contributed by atoms with van der Waals surface area (Å²) >= 11 is 3.34. The number of halogens is 1. The van der Waals surface area contributed by atoms with Gasteiger partial charge in [-0.25, -0.2) is 4.98 Å². The van der Waals surface area contributed by atoms with Gasteiger partial charge in [0.05, 0.1) is 6.54 Å². The molecule has 2 aromatic rings. The zero-order chi connectivity index (χ0) is 13.2. The molecule has 5 nitrogen and oxygen atoms in total. The molecule has 19 heavy (non-hydrogen) atoms. The molecule has 0 bridgehead atoms. The highest BCUT2D eigenvalue weighted by Crippen LogP contribution is 2.32. The molecule has 3 rings (SSSR count). The van der Waals surface area contributed by atoms with Crippen LogP contribution < -0.4 is 9.64 Å². The van der Waals surface area contributed by atoms with E-state index in [1.54, 1.807) is 23.5 Å². The first kappa shape index (κ1) is 12.1. The fraction of sp³-hybridized carbons (Fsp3) is 0.154. The summed E-state index contributed by atoms with van der Waals surface area (Å²) in [5.41, 5.74) is 1.00. The summed E-state index contributed by atoms with van der Waals surface area (Å²) in [6.45, 7) is 0.503. The fourth-order valence-corrected chi connectivity index (χ4v) is 2.20. The Morgan fingerprint density at radius 3 is 2.95 bits per heavy atom. The lowest BCUT2D eigenvalue weighted by Crippen LogP contribution is -2.38. The molecule has 1 aliphatic heterocycles. The number of carbonyl (C=O) groups is 1. The Morgan fingerprint density at radius 1 is 1.37 bits per heavy atom.